The number of halogens is 3. The Bertz CT molecular complexity index is 1060. The Morgan fingerprint density at radius 1 is 1.13 bits per heavy atom. The van der Waals surface area contributed by atoms with E-state index in [9.17, 15) is 26.4 Å². The number of hydrogen-bond donors (Lipinski definition) is 2. The number of piperidine rings is 3. The van der Waals surface area contributed by atoms with Crippen LogP contribution in [0.15, 0.2) is 45.5 Å². The predicted octanol–water partition coefficient (Wildman–Crippen LogP) is 3.98. The van der Waals surface area contributed by atoms with Crippen LogP contribution in [0.3, 0.4) is 0 Å². The molecule has 4 heterocycles. The quantitative estimate of drug-likeness (QED) is 0.639. The van der Waals surface area contributed by atoms with E-state index < -0.39 is 15.5 Å². The molecule has 0 radical (unpaired) electrons. The summed E-state index contributed by atoms with van der Waals surface area (Å²) < 4.78 is 63.3. The van der Waals surface area contributed by atoms with E-state index in [2.05, 4.69) is 10.2 Å². The Labute approximate surface area is 186 Å². The van der Waals surface area contributed by atoms with E-state index in [1.54, 1.807) is 22.9 Å². The summed E-state index contributed by atoms with van der Waals surface area (Å²) in [7, 11) is -5.52. The maximum Gasteiger partial charge on any atom is 0.516 e. The van der Waals surface area contributed by atoms with Gasteiger partial charge in [-0.1, -0.05) is 23.9 Å². The molecule has 1 aromatic heterocycles. The highest BCUT2D eigenvalue weighted by Gasteiger charge is 2.46. The van der Waals surface area contributed by atoms with E-state index in [-0.39, 0.29) is 17.6 Å². The SMILES string of the molecule is O=C(NC1CN2CCC1CC2)c1ccc(Sc2ccccc2NS(=O)(=O)C(F)(F)F)s1. The standard InChI is InChI=1S/C19H20F3N3O3S3/c20-19(21,22)31(27,28)24-13-3-1-2-4-15(13)29-17-6-5-16(30-17)18(26)23-14-11-25-9-7-12(14)8-10-25/h1-6,12,14,24H,7-11H2,(H,23,26). The first-order valence-electron chi connectivity index (χ1n) is 9.61. The molecule has 2 aromatic rings. The van der Waals surface area contributed by atoms with Crippen LogP contribution in [0.1, 0.15) is 22.5 Å². The fourth-order valence-corrected chi connectivity index (χ4v) is 6.54. The number of benzene rings is 1. The van der Waals surface area contributed by atoms with Gasteiger partial charge >= 0.3 is 15.5 Å². The van der Waals surface area contributed by atoms with Crippen molar-refractivity contribution in [2.24, 2.45) is 5.92 Å². The van der Waals surface area contributed by atoms with Gasteiger partial charge in [-0.05, 0) is 56.1 Å². The number of sulfonamides is 1. The molecule has 5 rings (SSSR count). The first kappa shape index (κ1) is 22.4. The molecular weight excluding hydrogens is 471 g/mol. The molecular formula is C19H20F3N3O3S3. The van der Waals surface area contributed by atoms with Gasteiger partial charge in [-0.2, -0.15) is 21.6 Å². The minimum absolute atomic E-state index is 0.130. The number of alkyl halides is 3. The smallest absolute Gasteiger partial charge is 0.347 e. The monoisotopic (exact) mass is 491 g/mol. The van der Waals surface area contributed by atoms with Gasteiger partial charge in [0.25, 0.3) is 5.91 Å². The zero-order valence-electron chi connectivity index (χ0n) is 16.2. The average Bonchev–Trinajstić information content (AvgIpc) is 3.18. The van der Waals surface area contributed by atoms with E-state index in [1.165, 1.54) is 29.5 Å². The van der Waals surface area contributed by atoms with E-state index >= 15 is 0 Å². The van der Waals surface area contributed by atoms with Crippen molar-refractivity contribution in [3.05, 3.63) is 41.3 Å². The maximum absolute atomic E-state index is 12.7. The fraction of sp³-hybridized carbons (Fsp3) is 0.421. The maximum atomic E-state index is 12.7. The van der Waals surface area contributed by atoms with Gasteiger partial charge in [0, 0.05) is 17.5 Å². The summed E-state index contributed by atoms with van der Waals surface area (Å²) in [5.74, 6) is 0.331. The Balaban J connectivity index is 1.44. The van der Waals surface area contributed by atoms with Crippen LogP contribution >= 0.6 is 23.1 Å². The first-order chi connectivity index (χ1) is 14.6. The summed E-state index contributed by atoms with van der Waals surface area (Å²) in [6, 6.07) is 9.33. The van der Waals surface area contributed by atoms with Crippen LogP contribution in [-0.2, 0) is 10.0 Å². The molecule has 3 aliphatic rings. The molecule has 3 fully saturated rings. The fourth-order valence-electron chi connectivity index (χ4n) is 3.82. The zero-order valence-corrected chi connectivity index (χ0v) is 18.6. The van der Waals surface area contributed by atoms with Gasteiger partial charge in [-0.25, -0.2) is 0 Å². The number of amides is 1. The number of thiophene rings is 1. The number of para-hydroxylation sites is 1. The second-order valence-corrected chi connectivity index (χ2v) is 11.6. The van der Waals surface area contributed by atoms with Gasteiger partial charge in [0.05, 0.1) is 14.8 Å². The molecule has 1 amide bonds. The summed E-state index contributed by atoms with van der Waals surface area (Å²) in [5.41, 5.74) is -5.58. The lowest BCUT2D eigenvalue weighted by molar-refractivity contribution is -0.0429. The van der Waals surface area contributed by atoms with Crippen LogP contribution in [0.25, 0.3) is 0 Å². The topological polar surface area (TPSA) is 78.5 Å². The molecule has 0 saturated carbocycles. The van der Waals surface area contributed by atoms with Gasteiger partial charge in [0.2, 0.25) is 0 Å². The molecule has 3 aliphatic heterocycles. The van der Waals surface area contributed by atoms with Crippen molar-refractivity contribution in [3.63, 3.8) is 0 Å². The highest BCUT2D eigenvalue weighted by atomic mass is 32.2. The molecule has 0 spiro atoms. The first-order valence-corrected chi connectivity index (χ1v) is 12.7. The molecule has 12 heteroatoms. The number of fused-ring (bicyclic) bond motifs is 3. The number of rotatable bonds is 6. The van der Waals surface area contributed by atoms with Crippen molar-refractivity contribution in [2.75, 3.05) is 24.4 Å². The summed E-state index contributed by atoms with van der Waals surface area (Å²) in [6.07, 6.45) is 2.17. The average molecular weight is 492 g/mol. The Hall–Kier alpha value is -1.76. The lowest BCUT2D eigenvalue weighted by Crippen LogP contribution is -2.57. The van der Waals surface area contributed by atoms with Gasteiger partial charge in [0.15, 0.2) is 0 Å². The third kappa shape index (κ3) is 5.02. The Morgan fingerprint density at radius 2 is 1.84 bits per heavy atom. The molecule has 31 heavy (non-hydrogen) atoms. The van der Waals surface area contributed by atoms with Crippen molar-refractivity contribution < 1.29 is 26.4 Å². The number of nitrogens with one attached hydrogen (secondary N) is 2. The lowest BCUT2D eigenvalue weighted by atomic mass is 9.84. The third-order valence-electron chi connectivity index (χ3n) is 5.42. The predicted molar refractivity (Wildman–Crippen MR) is 114 cm³/mol. The van der Waals surface area contributed by atoms with E-state index in [0.717, 1.165) is 44.2 Å². The van der Waals surface area contributed by atoms with Crippen LogP contribution < -0.4 is 10.0 Å². The largest absolute Gasteiger partial charge is 0.516 e. The molecule has 1 unspecified atom stereocenters. The van der Waals surface area contributed by atoms with Gasteiger partial charge < -0.3 is 10.2 Å². The second-order valence-electron chi connectivity index (χ2n) is 7.49. The zero-order chi connectivity index (χ0) is 22.2. The highest BCUT2D eigenvalue weighted by molar-refractivity contribution is 8.01. The molecule has 2 N–H and O–H groups in total. The minimum atomic E-state index is -5.52. The number of carbonyl (C=O) groups is 1. The molecule has 6 nitrogen and oxygen atoms in total. The Kier molecular flexibility index (Phi) is 6.25. The molecule has 1 atom stereocenters. The van der Waals surface area contributed by atoms with Gasteiger partial charge in [0.1, 0.15) is 0 Å². The third-order valence-corrected chi connectivity index (χ3v) is 8.81. The van der Waals surface area contributed by atoms with Crippen LogP contribution in [-0.4, -0.2) is 50.4 Å². The van der Waals surface area contributed by atoms with Gasteiger partial charge in [-0.3, -0.25) is 9.52 Å². The molecule has 1 aromatic carbocycles. The van der Waals surface area contributed by atoms with Crippen LogP contribution in [0.5, 0.6) is 0 Å². The molecule has 3 saturated heterocycles. The molecule has 2 bridgehead atoms. The Morgan fingerprint density at radius 3 is 2.48 bits per heavy atom. The number of anilines is 1. The van der Waals surface area contributed by atoms with Crippen LogP contribution in [0.2, 0.25) is 0 Å². The van der Waals surface area contributed by atoms with E-state index in [4.69, 9.17) is 0 Å². The lowest BCUT2D eigenvalue weighted by Gasteiger charge is -2.44. The molecule has 168 valence electrons. The number of nitrogens with zero attached hydrogens (tertiary/aromatic N) is 1. The van der Waals surface area contributed by atoms with E-state index in [1.807, 2.05) is 0 Å². The van der Waals surface area contributed by atoms with Crippen molar-refractivity contribution in [1.82, 2.24) is 10.2 Å². The van der Waals surface area contributed by atoms with Gasteiger partial charge in [-0.15, -0.1) is 11.3 Å². The summed E-state index contributed by atoms with van der Waals surface area (Å²) >= 11 is 2.31. The van der Waals surface area contributed by atoms with Crippen molar-refractivity contribution in [2.45, 2.75) is 33.5 Å². The van der Waals surface area contributed by atoms with Crippen LogP contribution in [0.4, 0.5) is 18.9 Å². The minimum Gasteiger partial charge on any atom is -0.347 e. The number of hydrogen-bond acceptors (Lipinski definition) is 6. The van der Waals surface area contributed by atoms with Crippen molar-refractivity contribution >= 4 is 44.7 Å². The second kappa shape index (κ2) is 8.64. The summed E-state index contributed by atoms with van der Waals surface area (Å²) in [6.45, 7) is 3.01. The van der Waals surface area contributed by atoms with Crippen molar-refractivity contribution in [1.29, 1.82) is 0 Å². The normalized spacial score (nSPS) is 23.5. The highest BCUT2D eigenvalue weighted by Crippen LogP contribution is 2.39. The van der Waals surface area contributed by atoms with Crippen LogP contribution in [0, 0.1) is 5.92 Å². The van der Waals surface area contributed by atoms with E-state index in [0.29, 0.717) is 19.9 Å². The molecule has 0 aliphatic carbocycles. The number of carbonyl (C=O) groups excluding carboxylic acids is 1. The summed E-state index contributed by atoms with van der Waals surface area (Å²) in [4.78, 5) is 15.8. The van der Waals surface area contributed by atoms with Crippen molar-refractivity contribution in [3.8, 4) is 0 Å². The summed E-state index contributed by atoms with van der Waals surface area (Å²) in [5, 5.41) is 3.11.